The first-order valence-electron chi connectivity index (χ1n) is 5.44. The second-order valence-corrected chi connectivity index (χ2v) is 3.85. The molecular formula is C11H19F2NO. The minimum Gasteiger partial charge on any atom is -0.383 e. The molecule has 88 valence electrons. The quantitative estimate of drug-likeness (QED) is 0.547. The van der Waals surface area contributed by atoms with Crippen LogP contribution in [0.5, 0.6) is 0 Å². The van der Waals surface area contributed by atoms with Crippen molar-refractivity contribution in [2.45, 2.75) is 31.6 Å². The minimum absolute atomic E-state index is 0.276. The van der Waals surface area contributed by atoms with Gasteiger partial charge in [0, 0.05) is 13.7 Å². The summed E-state index contributed by atoms with van der Waals surface area (Å²) < 4.78 is 31.9. The zero-order chi connectivity index (χ0) is 11.1. The van der Waals surface area contributed by atoms with E-state index in [2.05, 4.69) is 5.32 Å². The molecule has 0 radical (unpaired) electrons. The molecule has 4 heteroatoms. The Labute approximate surface area is 89.7 Å². The van der Waals surface area contributed by atoms with Crippen LogP contribution >= 0.6 is 0 Å². The number of rotatable bonds is 6. The molecule has 1 aliphatic rings. The molecule has 0 amide bonds. The third kappa shape index (κ3) is 4.26. The van der Waals surface area contributed by atoms with Crippen LogP contribution in [0.3, 0.4) is 0 Å². The fourth-order valence-corrected chi connectivity index (χ4v) is 1.70. The third-order valence-electron chi connectivity index (χ3n) is 2.59. The molecule has 0 atom stereocenters. The summed E-state index contributed by atoms with van der Waals surface area (Å²) in [5, 5.41) is 2.71. The Bertz CT molecular complexity index is 217. The molecule has 0 aliphatic heterocycles. The van der Waals surface area contributed by atoms with Crippen molar-refractivity contribution >= 4 is 0 Å². The number of hydrogen-bond acceptors (Lipinski definition) is 2. The molecule has 0 heterocycles. The molecule has 0 unspecified atom stereocenters. The number of nitrogens with one attached hydrogen (secondary N) is 1. The molecule has 2 nitrogen and oxygen atoms in total. The van der Waals surface area contributed by atoms with Crippen LogP contribution < -0.4 is 5.32 Å². The first-order valence-corrected chi connectivity index (χ1v) is 5.44. The average molecular weight is 219 g/mol. The molecule has 1 aliphatic carbocycles. The fourth-order valence-electron chi connectivity index (χ4n) is 1.70. The maximum Gasteiger partial charge on any atom is 0.281 e. The Morgan fingerprint density at radius 1 is 1.47 bits per heavy atom. The zero-order valence-electron chi connectivity index (χ0n) is 9.19. The standard InChI is InChI=1S/C11H19F2NO/c1-15-8-7-14-9-11(12,13)10-5-3-2-4-6-10/h5,14H,2-4,6-9H2,1H3. The summed E-state index contributed by atoms with van der Waals surface area (Å²) in [6.07, 6.45) is 4.96. The van der Waals surface area contributed by atoms with Crippen molar-refractivity contribution in [3.05, 3.63) is 11.6 Å². The number of allylic oxidation sites excluding steroid dienone is 1. The second-order valence-electron chi connectivity index (χ2n) is 3.85. The van der Waals surface area contributed by atoms with Crippen molar-refractivity contribution in [3.63, 3.8) is 0 Å². The molecule has 0 bridgehead atoms. The lowest BCUT2D eigenvalue weighted by molar-refractivity contribution is 0.0351. The van der Waals surface area contributed by atoms with Crippen LogP contribution in [0.25, 0.3) is 0 Å². The van der Waals surface area contributed by atoms with Gasteiger partial charge in [-0.2, -0.15) is 0 Å². The molecule has 0 aromatic heterocycles. The Hall–Kier alpha value is -0.480. The Balaban J connectivity index is 2.33. The number of alkyl halides is 2. The molecule has 0 saturated heterocycles. The van der Waals surface area contributed by atoms with Gasteiger partial charge in [0.25, 0.3) is 5.92 Å². The smallest absolute Gasteiger partial charge is 0.281 e. The number of methoxy groups -OCH3 is 1. The highest BCUT2D eigenvalue weighted by Crippen LogP contribution is 2.31. The summed E-state index contributed by atoms with van der Waals surface area (Å²) in [6, 6.07) is 0. The van der Waals surface area contributed by atoms with Gasteiger partial charge < -0.3 is 10.1 Å². The summed E-state index contributed by atoms with van der Waals surface area (Å²) in [7, 11) is 1.56. The lowest BCUT2D eigenvalue weighted by Crippen LogP contribution is -2.36. The van der Waals surface area contributed by atoms with E-state index in [1.807, 2.05) is 0 Å². The van der Waals surface area contributed by atoms with Crippen LogP contribution in [0.2, 0.25) is 0 Å². The minimum atomic E-state index is -2.69. The van der Waals surface area contributed by atoms with Crippen molar-refractivity contribution < 1.29 is 13.5 Å². The summed E-state index contributed by atoms with van der Waals surface area (Å²) in [5.74, 6) is -2.69. The summed E-state index contributed by atoms with van der Waals surface area (Å²) in [6.45, 7) is 0.663. The highest BCUT2D eigenvalue weighted by Gasteiger charge is 2.33. The molecule has 0 spiro atoms. The average Bonchev–Trinajstić information content (AvgIpc) is 2.26. The number of halogens is 2. The van der Waals surface area contributed by atoms with E-state index in [0.29, 0.717) is 25.1 Å². The van der Waals surface area contributed by atoms with Gasteiger partial charge in [-0.15, -0.1) is 0 Å². The lowest BCUT2D eigenvalue weighted by atomic mass is 9.95. The Morgan fingerprint density at radius 3 is 2.87 bits per heavy atom. The predicted octanol–water partition coefficient (Wildman–Crippen LogP) is 2.36. The van der Waals surface area contributed by atoms with Gasteiger partial charge in [0.05, 0.1) is 13.2 Å². The number of ether oxygens (including phenoxy) is 1. The Kier molecular flexibility index (Phi) is 5.19. The molecule has 1 rings (SSSR count). The van der Waals surface area contributed by atoms with Gasteiger partial charge in [-0.3, -0.25) is 0 Å². The van der Waals surface area contributed by atoms with Crippen LogP contribution in [0, 0.1) is 0 Å². The highest BCUT2D eigenvalue weighted by atomic mass is 19.3. The van der Waals surface area contributed by atoms with Gasteiger partial charge in [0.2, 0.25) is 0 Å². The van der Waals surface area contributed by atoms with Gasteiger partial charge in [-0.05, 0) is 31.3 Å². The maximum absolute atomic E-state index is 13.6. The van der Waals surface area contributed by atoms with Crippen LogP contribution in [0.4, 0.5) is 8.78 Å². The summed E-state index contributed by atoms with van der Waals surface area (Å²) in [4.78, 5) is 0. The fraction of sp³-hybridized carbons (Fsp3) is 0.818. The van der Waals surface area contributed by atoms with Gasteiger partial charge in [0.15, 0.2) is 0 Å². The summed E-state index contributed by atoms with van der Waals surface area (Å²) in [5.41, 5.74) is 0.304. The van der Waals surface area contributed by atoms with Crippen LogP contribution in [0.15, 0.2) is 11.6 Å². The van der Waals surface area contributed by atoms with E-state index in [9.17, 15) is 8.78 Å². The summed E-state index contributed by atoms with van der Waals surface area (Å²) >= 11 is 0. The molecule has 1 N–H and O–H groups in total. The van der Waals surface area contributed by atoms with Crippen molar-refractivity contribution in [3.8, 4) is 0 Å². The highest BCUT2D eigenvalue weighted by molar-refractivity contribution is 5.15. The number of hydrogen-bond donors (Lipinski definition) is 1. The van der Waals surface area contributed by atoms with Gasteiger partial charge in [-0.25, -0.2) is 8.78 Å². The SMILES string of the molecule is COCCNCC(F)(F)C1=CCCCC1. The first kappa shape index (κ1) is 12.6. The first-order chi connectivity index (χ1) is 7.17. The van der Waals surface area contributed by atoms with Crippen molar-refractivity contribution in [1.82, 2.24) is 5.32 Å². The van der Waals surface area contributed by atoms with E-state index in [0.717, 1.165) is 19.3 Å². The van der Waals surface area contributed by atoms with E-state index >= 15 is 0 Å². The van der Waals surface area contributed by atoms with Gasteiger partial charge in [0.1, 0.15) is 0 Å². The molecule has 15 heavy (non-hydrogen) atoms. The maximum atomic E-state index is 13.6. The van der Waals surface area contributed by atoms with Crippen molar-refractivity contribution in [2.75, 3.05) is 26.8 Å². The normalized spacial score (nSPS) is 17.7. The lowest BCUT2D eigenvalue weighted by Gasteiger charge is -2.23. The van der Waals surface area contributed by atoms with E-state index in [-0.39, 0.29) is 6.54 Å². The molecule has 0 aromatic rings. The molecular weight excluding hydrogens is 200 g/mol. The van der Waals surface area contributed by atoms with E-state index in [4.69, 9.17) is 4.74 Å². The van der Waals surface area contributed by atoms with Crippen LogP contribution in [-0.4, -0.2) is 32.7 Å². The Morgan fingerprint density at radius 2 is 2.27 bits per heavy atom. The molecule has 0 aromatic carbocycles. The predicted molar refractivity (Wildman–Crippen MR) is 56.2 cm³/mol. The van der Waals surface area contributed by atoms with E-state index in [1.165, 1.54) is 0 Å². The largest absolute Gasteiger partial charge is 0.383 e. The topological polar surface area (TPSA) is 21.3 Å². The van der Waals surface area contributed by atoms with Gasteiger partial charge >= 0.3 is 0 Å². The second kappa shape index (κ2) is 6.18. The molecule has 0 saturated carbocycles. The van der Waals surface area contributed by atoms with Crippen LogP contribution in [-0.2, 0) is 4.74 Å². The third-order valence-corrected chi connectivity index (χ3v) is 2.59. The van der Waals surface area contributed by atoms with Crippen molar-refractivity contribution in [2.24, 2.45) is 0 Å². The monoisotopic (exact) mass is 219 g/mol. The van der Waals surface area contributed by atoms with Crippen molar-refractivity contribution in [1.29, 1.82) is 0 Å². The van der Waals surface area contributed by atoms with Gasteiger partial charge in [-0.1, -0.05) is 6.08 Å². The zero-order valence-corrected chi connectivity index (χ0v) is 9.19. The van der Waals surface area contributed by atoms with E-state index in [1.54, 1.807) is 13.2 Å². The molecule has 0 fully saturated rings. The van der Waals surface area contributed by atoms with E-state index < -0.39 is 5.92 Å². The van der Waals surface area contributed by atoms with Crippen LogP contribution in [0.1, 0.15) is 25.7 Å².